The van der Waals surface area contributed by atoms with Crippen LogP contribution in [0.15, 0.2) is 72.8 Å². The van der Waals surface area contributed by atoms with Gasteiger partial charge in [-0.3, -0.25) is 0 Å². The Labute approximate surface area is 215 Å². The molecule has 1 fully saturated rings. The molecule has 6 nitrogen and oxygen atoms in total. The number of benzene rings is 2. The van der Waals surface area contributed by atoms with Crippen molar-refractivity contribution in [3.8, 4) is 0 Å². The highest BCUT2D eigenvalue weighted by molar-refractivity contribution is 14.1. The van der Waals surface area contributed by atoms with Crippen LogP contribution in [0.4, 0.5) is 0 Å². The molecule has 2 aromatic carbocycles. The number of hydrogen-bond acceptors (Lipinski definition) is 6. The molecule has 34 heavy (non-hydrogen) atoms. The third kappa shape index (κ3) is 8.16. The topological polar surface area (TPSA) is 63.2 Å². The first-order chi connectivity index (χ1) is 16.3. The highest BCUT2D eigenvalue weighted by atomic mass is 127. The number of alkyl halides is 1. The van der Waals surface area contributed by atoms with Crippen molar-refractivity contribution in [1.82, 2.24) is 0 Å². The van der Waals surface area contributed by atoms with Crippen LogP contribution in [0.1, 0.15) is 31.9 Å². The molecule has 5 atom stereocenters. The summed E-state index contributed by atoms with van der Waals surface area (Å²) in [6.45, 7) is 6.30. The zero-order valence-corrected chi connectivity index (χ0v) is 22.2. The number of carbonyl (C=O) groups is 1. The van der Waals surface area contributed by atoms with Crippen molar-refractivity contribution in [2.75, 3.05) is 7.11 Å². The number of esters is 1. The lowest BCUT2D eigenvalue weighted by Gasteiger charge is -2.43. The molecule has 1 saturated heterocycles. The third-order valence-electron chi connectivity index (χ3n) is 5.14. The number of methoxy groups -OCH3 is 1. The standard InChI is InChI=1S/C27H33IO6/c1-27(2,3)34-22(29)16-15-21-24(31-17-19-11-7-5-8-12-19)25(23(28)26(30-4)33-21)32-18-20-13-9-6-10-14-20/h5-16,21,23-26H,17-18H2,1-4H3/b16-15+/t21-,23+,24-,25-,26+/m1/s1. The molecule has 2 aromatic rings. The first kappa shape index (κ1) is 26.8. The number of hydrogen-bond donors (Lipinski definition) is 0. The average molecular weight is 580 g/mol. The van der Waals surface area contributed by atoms with Gasteiger partial charge in [0, 0.05) is 13.2 Å². The largest absolute Gasteiger partial charge is 0.457 e. The van der Waals surface area contributed by atoms with Gasteiger partial charge in [-0.25, -0.2) is 4.79 Å². The Morgan fingerprint density at radius 1 is 0.941 bits per heavy atom. The summed E-state index contributed by atoms with van der Waals surface area (Å²) in [7, 11) is 1.60. The lowest BCUT2D eigenvalue weighted by Crippen LogP contribution is -2.57. The van der Waals surface area contributed by atoms with E-state index in [9.17, 15) is 4.79 Å². The van der Waals surface area contributed by atoms with E-state index < -0.39 is 30.1 Å². The zero-order chi connectivity index (χ0) is 24.6. The first-order valence-corrected chi connectivity index (χ1v) is 12.6. The second-order valence-corrected chi connectivity index (χ2v) is 10.5. The number of halogens is 1. The first-order valence-electron chi connectivity index (χ1n) is 11.3. The van der Waals surface area contributed by atoms with E-state index in [4.69, 9.17) is 23.7 Å². The summed E-state index contributed by atoms with van der Waals surface area (Å²) in [5, 5.41) is 0. The van der Waals surface area contributed by atoms with Gasteiger partial charge in [-0.2, -0.15) is 0 Å². The van der Waals surface area contributed by atoms with Gasteiger partial charge in [0.1, 0.15) is 23.9 Å². The number of ether oxygens (including phenoxy) is 5. The number of carbonyl (C=O) groups excluding carboxylic acids is 1. The van der Waals surface area contributed by atoms with Gasteiger partial charge >= 0.3 is 5.97 Å². The maximum Gasteiger partial charge on any atom is 0.331 e. The predicted octanol–water partition coefficient (Wildman–Crippen LogP) is 5.23. The second kappa shape index (κ2) is 12.8. The molecule has 0 aliphatic carbocycles. The van der Waals surface area contributed by atoms with E-state index in [1.54, 1.807) is 13.2 Å². The van der Waals surface area contributed by atoms with Crippen LogP contribution < -0.4 is 0 Å². The molecule has 0 radical (unpaired) electrons. The molecule has 0 unspecified atom stereocenters. The van der Waals surface area contributed by atoms with E-state index in [1.807, 2.05) is 81.4 Å². The van der Waals surface area contributed by atoms with Crippen LogP contribution in [-0.2, 0) is 41.7 Å². The highest BCUT2D eigenvalue weighted by Gasteiger charge is 2.46. The highest BCUT2D eigenvalue weighted by Crippen LogP contribution is 2.33. The van der Waals surface area contributed by atoms with Gasteiger partial charge in [0.15, 0.2) is 6.29 Å². The summed E-state index contributed by atoms with van der Waals surface area (Å²) in [5.74, 6) is -0.440. The van der Waals surface area contributed by atoms with Crippen molar-refractivity contribution < 1.29 is 28.5 Å². The van der Waals surface area contributed by atoms with Gasteiger partial charge in [-0.1, -0.05) is 83.3 Å². The van der Waals surface area contributed by atoms with Crippen molar-refractivity contribution in [3.05, 3.63) is 83.9 Å². The summed E-state index contributed by atoms with van der Waals surface area (Å²) >= 11 is 2.29. The minimum atomic E-state index is -0.582. The molecule has 1 aliphatic rings. The van der Waals surface area contributed by atoms with E-state index in [2.05, 4.69) is 22.6 Å². The predicted molar refractivity (Wildman–Crippen MR) is 139 cm³/mol. The molecular weight excluding hydrogens is 547 g/mol. The van der Waals surface area contributed by atoms with E-state index >= 15 is 0 Å². The average Bonchev–Trinajstić information content (AvgIpc) is 2.81. The van der Waals surface area contributed by atoms with Crippen LogP contribution in [0.5, 0.6) is 0 Å². The van der Waals surface area contributed by atoms with Gasteiger partial charge in [-0.05, 0) is 38.0 Å². The van der Waals surface area contributed by atoms with Gasteiger partial charge in [0.2, 0.25) is 0 Å². The van der Waals surface area contributed by atoms with Crippen LogP contribution in [0, 0.1) is 0 Å². The minimum Gasteiger partial charge on any atom is -0.457 e. The maximum absolute atomic E-state index is 12.3. The Bertz CT molecular complexity index is 912. The lowest BCUT2D eigenvalue weighted by atomic mass is 9.99. The molecule has 0 saturated carbocycles. The van der Waals surface area contributed by atoms with E-state index in [0.29, 0.717) is 13.2 Å². The summed E-state index contributed by atoms with van der Waals surface area (Å²) in [4.78, 5) is 12.3. The molecule has 0 bridgehead atoms. The Morgan fingerprint density at radius 3 is 1.97 bits per heavy atom. The van der Waals surface area contributed by atoms with Crippen LogP contribution in [-0.4, -0.2) is 47.2 Å². The fourth-order valence-corrected chi connectivity index (χ4v) is 4.67. The Kier molecular flexibility index (Phi) is 10.1. The van der Waals surface area contributed by atoms with Crippen molar-refractivity contribution in [2.45, 2.75) is 68.1 Å². The van der Waals surface area contributed by atoms with Crippen molar-refractivity contribution in [2.24, 2.45) is 0 Å². The van der Waals surface area contributed by atoms with Crippen LogP contribution >= 0.6 is 22.6 Å². The molecule has 1 aliphatic heterocycles. The van der Waals surface area contributed by atoms with E-state index in [1.165, 1.54) is 6.08 Å². The van der Waals surface area contributed by atoms with Crippen molar-refractivity contribution in [3.63, 3.8) is 0 Å². The molecule has 0 spiro atoms. The Morgan fingerprint density at radius 2 is 1.47 bits per heavy atom. The van der Waals surface area contributed by atoms with Crippen molar-refractivity contribution >= 4 is 28.6 Å². The van der Waals surface area contributed by atoms with E-state index in [0.717, 1.165) is 11.1 Å². The maximum atomic E-state index is 12.3. The number of rotatable bonds is 9. The summed E-state index contributed by atoms with van der Waals surface area (Å²) in [5.41, 5.74) is 1.52. The molecule has 3 rings (SSSR count). The van der Waals surface area contributed by atoms with Gasteiger partial charge in [-0.15, -0.1) is 0 Å². The van der Waals surface area contributed by atoms with Gasteiger partial charge in [0.05, 0.1) is 17.1 Å². The van der Waals surface area contributed by atoms with Crippen LogP contribution in [0.3, 0.4) is 0 Å². The van der Waals surface area contributed by atoms with Crippen molar-refractivity contribution in [1.29, 1.82) is 0 Å². The molecular formula is C27H33IO6. The zero-order valence-electron chi connectivity index (χ0n) is 20.1. The Balaban J connectivity index is 1.82. The van der Waals surface area contributed by atoms with Gasteiger partial charge < -0.3 is 23.7 Å². The smallest absolute Gasteiger partial charge is 0.331 e. The summed E-state index contributed by atoms with van der Waals surface area (Å²) < 4.78 is 29.8. The second-order valence-electron chi connectivity index (χ2n) is 9.06. The summed E-state index contributed by atoms with van der Waals surface area (Å²) in [6.07, 6.45) is 1.19. The third-order valence-corrected chi connectivity index (χ3v) is 6.44. The van der Waals surface area contributed by atoms with Crippen LogP contribution in [0.25, 0.3) is 0 Å². The van der Waals surface area contributed by atoms with E-state index in [-0.39, 0.29) is 10.0 Å². The molecule has 184 valence electrons. The molecule has 1 heterocycles. The quantitative estimate of drug-likeness (QED) is 0.175. The summed E-state index contributed by atoms with van der Waals surface area (Å²) in [6, 6.07) is 19.9. The Hall–Kier alpha value is -1.78. The SMILES string of the molecule is CO[C@H]1O[C@H](/C=C/C(=O)OC(C)(C)C)[C@@H](OCc2ccccc2)[C@H](OCc2ccccc2)[C@@H]1I. The molecule has 0 aromatic heterocycles. The normalized spacial score (nSPS) is 25.4. The molecule has 0 N–H and O–H groups in total. The molecule has 0 amide bonds. The van der Waals surface area contributed by atoms with Crippen LogP contribution in [0.2, 0.25) is 0 Å². The fraction of sp³-hybridized carbons (Fsp3) is 0.444. The monoisotopic (exact) mass is 580 g/mol. The van der Waals surface area contributed by atoms with Gasteiger partial charge in [0.25, 0.3) is 0 Å². The lowest BCUT2D eigenvalue weighted by molar-refractivity contribution is -0.244. The fourth-order valence-electron chi connectivity index (χ4n) is 3.59. The molecule has 7 heteroatoms. The minimum absolute atomic E-state index is 0.127.